The van der Waals surface area contributed by atoms with Crippen LogP contribution >= 0.6 is 0 Å². The summed E-state index contributed by atoms with van der Waals surface area (Å²) >= 11 is 0. The maximum absolute atomic E-state index is 12.1. The van der Waals surface area contributed by atoms with Crippen LogP contribution in [0.1, 0.15) is 13.8 Å². The number of hydrogen-bond donors (Lipinski definition) is 24. The Hall–Kier alpha value is -2.66. The Bertz CT molecular complexity index is 2500. The van der Waals surface area contributed by atoms with Gasteiger partial charge in [0.05, 0.1) is 46.2 Å². The lowest BCUT2D eigenvalue weighted by Crippen LogP contribution is -2.69. The second-order valence-corrected chi connectivity index (χ2v) is 24.5. The van der Waals surface area contributed by atoms with Crippen LogP contribution in [-0.4, -0.2) is 439 Å². The molecule has 0 amide bonds. The zero-order valence-corrected chi connectivity index (χ0v) is 51.1. The molecule has 44 nitrogen and oxygen atoms in total. The van der Waals surface area contributed by atoms with Crippen molar-refractivity contribution < 1.29 is 217 Å². The Balaban J connectivity index is 0.812. The molecule has 9 aliphatic heterocycles. The van der Waals surface area contributed by atoms with Gasteiger partial charge in [0.1, 0.15) is 202 Å². The fourth-order valence-corrected chi connectivity index (χ4v) is 12.2. The van der Waals surface area contributed by atoms with Crippen LogP contribution in [0.15, 0.2) is 0 Å². The lowest BCUT2D eigenvalue weighted by atomic mass is 9.95. The lowest BCUT2D eigenvalue weighted by Gasteiger charge is -2.50. The van der Waals surface area contributed by atoms with Crippen LogP contribution in [0, 0.1) is 0 Å². The van der Waals surface area contributed by atoms with Crippen LogP contribution in [0.25, 0.3) is 0 Å². The average Bonchev–Trinajstić information content (AvgIpc) is 0.773. The fraction of sp³-hybridized carbons (Fsp3) is 0.962. The molecule has 9 rings (SSSR count). The highest BCUT2D eigenvalue weighted by molar-refractivity contribution is 5.75. The SMILES string of the molecule is CC(=O)OC[C@H]1O[C@@H](O[C@H]2[C@H](O)[C@@H](O)[C@H](O[C@H]3[C@@H](O)[C@@H](CO)OC(O)[C@@H]3O)O[C@@H]2CO)[C@H](O)[C@@H](O)[C@@H]1O[C@@H]1O[C@H](CO[C@@H]2O[C@H](CO[C@@H]3O[C@H](CO)[C@@H](O)[C@H](O[C@@H]4O[C@H](CO)[C@@H](O)[C@H](O[C@@H]5O[C@@H]6COC(C)(C(=O)O)O[C@H]6[C@H](O)[C@H]5O)[C@H]4O)[C@H]3O)[C@@H](O)[C@H](O)[C@H]2O)[C@@H](O)[C@H](O)[C@H]1O. The average molecular weight is 1430 g/mol. The summed E-state index contributed by atoms with van der Waals surface area (Å²) in [6.45, 7) is -5.22. The van der Waals surface area contributed by atoms with Gasteiger partial charge in [-0.25, -0.2) is 4.79 Å². The van der Waals surface area contributed by atoms with Gasteiger partial charge in [-0.3, -0.25) is 4.79 Å². The summed E-state index contributed by atoms with van der Waals surface area (Å²) in [7, 11) is 0. The van der Waals surface area contributed by atoms with Crippen LogP contribution in [0.5, 0.6) is 0 Å². The summed E-state index contributed by atoms with van der Waals surface area (Å²) in [5, 5.41) is 260. The zero-order chi connectivity index (χ0) is 71.1. The van der Waals surface area contributed by atoms with Gasteiger partial charge in [0.2, 0.25) is 0 Å². The Labute approximate surface area is 546 Å². The van der Waals surface area contributed by atoms with Crippen LogP contribution in [0.2, 0.25) is 0 Å². The molecule has 0 aromatic carbocycles. The molecule has 0 bridgehead atoms. The molecule has 9 saturated heterocycles. The molecule has 9 fully saturated rings. The first kappa shape index (κ1) is 78.5. The number of rotatable bonds is 23. The highest BCUT2D eigenvalue weighted by atomic mass is 16.8. The molecule has 0 aliphatic carbocycles. The molecule has 0 aromatic rings. The number of carboxylic acid groups (broad SMARTS) is 1. The van der Waals surface area contributed by atoms with E-state index in [2.05, 4.69) is 0 Å². The highest BCUT2D eigenvalue weighted by Gasteiger charge is 2.60. The largest absolute Gasteiger partial charge is 0.477 e. The first-order valence-corrected chi connectivity index (χ1v) is 30.6. The molecule has 9 heterocycles. The number of esters is 1. The second kappa shape index (κ2) is 33.0. The highest BCUT2D eigenvalue weighted by Crippen LogP contribution is 2.39. The standard InChI is InChI=1S/C53H86O44/c1-11(58)80-9-18-39(28(67)33(72)49(90-18)92-38-15(6-57)87-48(32(71)27(38)66)94-41-22(61)12(3-54)84-44(77)35(41)74)93-47-31(70)26(65)21(60)17(89-47)8-81-45-30(69)25(64)20(59)16(88-45)7-82-46-36(75)42(23(62)13(4-55)85-46)96-51-37(76)43(24(63)14(5-56)86-51)95-50-34(73)29(68)40-19(91-50)10-83-53(2,97-40)52(78)79/h12-51,54-57,59-77H,3-10H2,1-2H3,(H,78,79)/t12-,13-,14-,15-,16-,17-,18-,19-,20-,21-,22+,23-,24-,25+,26+,27-,28-,29-,30-,31-,32-,33-,34-,35-,36-,37-,38-,39-,40-,41+,42+,43+,44?,45-,46-,47+,48+,49+,50+,51+,53?/m1/s1. The molecule has 0 aromatic heterocycles. The van der Waals surface area contributed by atoms with E-state index in [1.54, 1.807) is 0 Å². The van der Waals surface area contributed by atoms with Gasteiger partial charge in [-0.05, 0) is 0 Å². The Morgan fingerprint density at radius 1 is 0.361 bits per heavy atom. The first-order valence-electron chi connectivity index (χ1n) is 30.6. The molecule has 97 heavy (non-hydrogen) atoms. The van der Waals surface area contributed by atoms with Crippen molar-refractivity contribution in [3.05, 3.63) is 0 Å². The first-order chi connectivity index (χ1) is 45.8. The number of carbonyl (C=O) groups excluding carboxylic acids is 1. The van der Waals surface area contributed by atoms with E-state index in [1.165, 1.54) is 0 Å². The fourth-order valence-electron chi connectivity index (χ4n) is 12.2. The number of fused-ring (bicyclic) bond motifs is 1. The summed E-state index contributed by atoms with van der Waals surface area (Å²) in [6, 6.07) is 0. The van der Waals surface area contributed by atoms with E-state index in [0.717, 1.165) is 13.8 Å². The number of aliphatic hydroxyl groups excluding tert-OH is 23. The van der Waals surface area contributed by atoms with Crippen LogP contribution in [0.3, 0.4) is 0 Å². The van der Waals surface area contributed by atoms with Gasteiger partial charge in [-0.2, -0.15) is 0 Å². The van der Waals surface area contributed by atoms with E-state index in [1.807, 2.05) is 0 Å². The number of carboxylic acids is 1. The minimum atomic E-state index is -2.28. The lowest BCUT2D eigenvalue weighted by molar-refractivity contribution is -0.402. The van der Waals surface area contributed by atoms with E-state index in [0.29, 0.717) is 0 Å². The summed E-state index contributed by atoms with van der Waals surface area (Å²) in [6.07, 6.45) is -78.7. The van der Waals surface area contributed by atoms with Gasteiger partial charge < -0.3 is 208 Å². The Morgan fingerprint density at radius 3 is 1.20 bits per heavy atom. The number of carbonyl (C=O) groups is 2. The number of hydrogen-bond acceptors (Lipinski definition) is 43. The summed E-state index contributed by atoms with van der Waals surface area (Å²) in [5.74, 6) is -4.76. The van der Waals surface area contributed by atoms with Crippen molar-refractivity contribution in [2.45, 2.75) is 265 Å². The van der Waals surface area contributed by atoms with Gasteiger partial charge in [-0.15, -0.1) is 0 Å². The monoisotopic (exact) mass is 1430 g/mol. The predicted molar refractivity (Wildman–Crippen MR) is 288 cm³/mol. The molecule has 41 atom stereocenters. The number of aliphatic carboxylic acids is 1. The third-order valence-electron chi connectivity index (χ3n) is 18.0. The normalized spacial score (nSPS) is 52.3. The van der Waals surface area contributed by atoms with Crippen molar-refractivity contribution >= 4 is 11.9 Å². The molecular formula is C53H86O44. The van der Waals surface area contributed by atoms with Crippen molar-refractivity contribution in [3.8, 4) is 0 Å². The van der Waals surface area contributed by atoms with Crippen molar-refractivity contribution in [2.24, 2.45) is 0 Å². The minimum absolute atomic E-state index is 0.522. The van der Waals surface area contributed by atoms with E-state index in [4.69, 9.17) is 85.3 Å². The third-order valence-corrected chi connectivity index (χ3v) is 18.0. The predicted octanol–water partition coefficient (Wildman–Crippen LogP) is -17.0. The van der Waals surface area contributed by atoms with E-state index in [-0.39, 0.29) is 0 Å². The summed E-state index contributed by atoms with van der Waals surface area (Å²) < 4.78 is 100. The van der Waals surface area contributed by atoms with Gasteiger partial charge >= 0.3 is 11.9 Å². The molecule has 0 saturated carbocycles. The Morgan fingerprint density at radius 2 is 0.711 bits per heavy atom. The molecule has 24 N–H and O–H groups in total. The van der Waals surface area contributed by atoms with Crippen LogP contribution in [0.4, 0.5) is 0 Å². The van der Waals surface area contributed by atoms with Crippen molar-refractivity contribution in [1.29, 1.82) is 0 Å². The van der Waals surface area contributed by atoms with E-state index in [9.17, 15) is 132 Å². The number of ether oxygens (including phenoxy) is 18. The molecule has 9 aliphatic rings. The molecular weight excluding hydrogens is 1340 g/mol. The van der Waals surface area contributed by atoms with Crippen molar-refractivity contribution in [3.63, 3.8) is 0 Å². The van der Waals surface area contributed by atoms with E-state index < -0.39 is 316 Å². The smallest absolute Gasteiger partial charge is 0.364 e. The van der Waals surface area contributed by atoms with Crippen LogP contribution in [-0.2, 0) is 94.9 Å². The quantitative estimate of drug-likeness (QED) is 0.0422. The van der Waals surface area contributed by atoms with Crippen LogP contribution < -0.4 is 0 Å². The summed E-state index contributed by atoms with van der Waals surface area (Å²) in [4.78, 5) is 23.8. The van der Waals surface area contributed by atoms with E-state index >= 15 is 0 Å². The minimum Gasteiger partial charge on any atom is -0.477 e. The molecule has 0 spiro atoms. The van der Waals surface area contributed by atoms with Gasteiger partial charge in [0, 0.05) is 13.8 Å². The van der Waals surface area contributed by atoms with Crippen molar-refractivity contribution in [2.75, 3.05) is 52.9 Å². The van der Waals surface area contributed by atoms with Gasteiger partial charge in [-0.1, -0.05) is 0 Å². The third kappa shape index (κ3) is 16.5. The maximum Gasteiger partial charge on any atom is 0.364 e. The zero-order valence-electron chi connectivity index (χ0n) is 51.1. The Kier molecular flexibility index (Phi) is 26.7. The summed E-state index contributed by atoms with van der Waals surface area (Å²) in [5.41, 5.74) is 0. The number of aliphatic hydroxyl groups is 23. The molecule has 562 valence electrons. The molecule has 44 heteroatoms. The molecule has 0 radical (unpaired) electrons. The topological polar surface area (TPSA) is 686 Å². The van der Waals surface area contributed by atoms with Gasteiger partial charge in [0.15, 0.2) is 50.3 Å². The molecule has 2 unspecified atom stereocenters. The second-order valence-electron chi connectivity index (χ2n) is 24.5. The maximum atomic E-state index is 12.1. The van der Waals surface area contributed by atoms with Crippen molar-refractivity contribution in [1.82, 2.24) is 0 Å². The van der Waals surface area contributed by atoms with Gasteiger partial charge in [0.25, 0.3) is 5.79 Å².